The lowest BCUT2D eigenvalue weighted by Crippen LogP contribution is -2.45. The molecular weight excluding hydrogens is 352 g/mol. The highest BCUT2D eigenvalue weighted by atomic mass is 16.5. The predicted molar refractivity (Wildman–Crippen MR) is 128 cm³/mol. The molecule has 0 spiro atoms. The van der Waals surface area contributed by atoms with E-state index in [0.29, 0.717) is 22.9 Å². The summed E-state index contributed by atoms with van der Waals surface area (Å²) in [6.45, 7) is 25.5. The SMILES string of the molecule is CCC(COC(C)C1CC(C(C)(C)C)C(C)C(C(C)(C)C)C1)C1CCC(C)CC1. The maximum atomic E-state index is 6.67. The summed E-state index contributed by atoms with van der Waals surface area (Å²) in [4.78, 5) is 0. The van der Waals surface area contributed by atoms with Gasteiger partial charge in [-0.2, -0.15) is 0 Å². The zero-order valence-corrected chi connectivity index (χ0v) is 21.7. The van der Waals surface area contributed by atoms with E-state index >= 15 is 0 Å². The first-order chi connectivity index (χ1) is 13.3. The average Bonchev–Trinajstić information content (AvgIpc) is 2.61. The Bertz CT molecular complexity index is 450. The van der Waals surface area contributed by atoms with Crippen LogP contribution in [-0.4, -0.2) is 12.7 Å². The maximum Gasteiger partial charge on any atom is 0.0575 e. The fourth-order valence-corrected chi connectivity index (χ4v) is 6.88. The van der Waals surface area contributed by atoms with Crippen LogP contribution in [0.5, 0.6) is 0 Å². The molecule has 172 valence electrons. The second-order valence-electron chi connectivity index (χ2n) is 13.3. The summed E-state index contributed by atoms with van der Waals surface area (Å²) in [5, 5.41) is 0. The Morgan fingerprint density at radius 2 is 1.28 bits per heavy atom. The summed E-state index contributed by atoms with van der Waals surface area (Å²) >= 11 is 0. The molecule has 0 aromatic carbocycles. The van der Waals surface area contributed by atoms with Gasteiger partial charge in [-0.05, 0) is 84.9 Å². The summed E-state index contributed by atoms with van der Waals surface area (Å²) in [6.07, 6.45) is 10.1. The molecule has 2 rings (SSSR count). The molecule has 4 unspecified atom stereocenters. The van der Waals surface area contributed by atoms with Gasteiger partial charge in [0.05, 0.1) is 12.7 Å². The molecule has 0 bridgehead atoms. The molecule has 4 atom stereocenters. The van der Waals surface area contributed by atoms with E-state index in [4.69, 9.17) is 4.74 Å². The molecule has 0 N–H and O–H groups in total. The van der Waals surface area contributed by atoms with Crippen LogP contribution in [0.1, 0.15) is 114 Å². The van der Waals surface area contributed by atoms with Crippen LogP contribution in [0.25, 0.3) is 0 Å². The maximum absolute atomic E-state index is 6.67. The van der Waals surface area contributed by atoms with Gasteiger partial charge < -0.3 is 4.74 Å². The molecule has 2 aliphatic rings. The van der Waals surface area contributed by atoms with E-state index in [1.807, 2.05) is 0 Å². The highest BCUT2D eigenvalue weighted by Crippen LogP contribution is 2.52. The molecule has 2 aliphatic carbocycles. The predicted octanol–water partition coefficient (Wildman–Crippen LogP) is 8.61. The highest BCUT2D eigenvalue weighted by Gasteiger charge is 2.45. The topological polar surface area (TPSA) is 9.23 Å². The van der Waals surface area contributed by atoms with Crippen molar-refractivity contribution in [3.63, 3.8) is 0 Å². The third-order valence-electron chi connectivity index (χ3n) is 9.10. The van der Waals surface area contributed by atoms with Crippen LogP contribution in [0.2, 0.25) is 0 Å². The zero-order chi connectivity index (χ0) is 22.0. The molecule has 0 aromatic heterocycles. The minimum absolute atomic E-state index is 0.381. The van der Waals surface area contributed by atoms with Gasteiger partial charge in [0, 0.05) is 0 Å². The number of hydrogen-bond donors (Lipinski definition) is 0. The molecule has 2 fully saturated rings. The summed E-state index contributed by atoms with van der Waals surface area (Å²) in [5.41, 5.74) is 0.762. The van der Waals surface area contributed by atoms with Crippen molar-refractivity contribution in [1.29, 1.82) is 0 Å². The van der Waals surface area contributed by atoms with Gasteiger partial charge in [0.1, 0.15) is 0 Å². The number of rotatable bonds is 6. The van der Waals surface area contributed by atoms with Crippen molar-refractivity contribution < 1.29 is 4.74 Å². The van der Waals surface area contributed by atoms with Gasteiger partial charge in [-0.15, -0.1) is 0 Å². The lowest BCUT2D eigenvalue weighted by Gasteiger charge is -2.51. The lowest BCUT2D eigenvalue weighted by atomic mass is 9.55. The van der Waals surface area contributed by atoms with Crippen molar-refractivity contribution in [2.75, 3.05) is 6.61 Å². The molecule has 2 saturated carbocycles. The standard InChI is InChI=1S/C28H54O/c1-11-22(23-14-12-19(2)13-15-23)18-29-21(4)24-16-25(27(5,6)7)20(3)26(17-24)28(8,9)10/h19-26H,11-18H2,1-10H3. The molecule has 0 aromatic rings. The molecule has 0 amide bonds. The third-order valence-corrected chi connectivity index (χ3v) is 9.10. The van der Waals surface area contributed by atoms with E-state index < -0.39 is 0 Å². The monoisotopic (exact) mass is 406 g/mol. The van der Waals surface area contributed by atoms with Gasteiger partial charge in [0.15, 0.2) is 0 Å². The Morgan fingerprint density at radius 3 is 1.69 bits per heavy atom. The fourth-order valence-electron chi connectivity index (χ4n) is 6.88. The van der Waals surface area contributed by atoms with E-state index in [1.165, 1.54) is 44.9 Å². The highest BCUT2D eigenvalue weighted by molar-refractivity contribution is 4.95. The Kier molecular flexibility index (Phi) is 8.74. The second kappa shape index (κ2) is 10.1. The molecule has 1 heteroatoms. The van der Waals surface area contributed by atoms with Crippen LogP contribution >= 0.6 is 0 Å². The smallest absolute Gasteiger partial charge is 0.0575 e. The van der Waals surface area contributed by atoms with Crippen LogP contribution < -0.4 is 0 Å². The normalized spacial score (nSPS) is 36.6. The van der Waals surface area contributed by atoms with E-state index in [-0.39, 0.29) is 0 Å². The van der Waals surface area contributed by atoms with Crippen LogP contribution in [0.4, 0.5) is 0 Å². The Morgan fingerprint density at radius 1 is 0.793 bits per heavy atom. The van der Waals surface area contributed by atoms with Crippen molar-refractivity contribution in [3.05, 3.63) is 0 Å². The van der Waals surface area contributed by atoms with E-state index in [2.05, 4.69) is 69.2 Å². The third kappa shape index (κ3) is 6.72. The first kappa shape index (κ1) is 25.2. The largest absolute Gasteiger partial charge is 0.378 e. The molecule has 0 aliphatic heterocycles. The van der Waals surface area contributed by atoms with Crippen molar-refractivity contribution in [1.82, 2.24) is 0 Å². The molecule has 29 heavy (non-hydrogen) atoms. The average molecular weight is 407 g/mol. The fraction of sp³-hybridized carbons (Fsp3) is 1.00. The van der Waals surface area contributed by atoms with E-state index in [1.54, 1.807) is 0 Å². The Hall–Kier alpha value is -0.0400. The van der Waals surface area contributed by atoms with Crippen molar-refractivity contribution in [3.8, 4) is 0 Å². The van der Waals surface area contributed by atoms with Gasteiger partial charge in [-0.1, -0.05) is 81.6 Å². The molecule has 0 saturated heterocycles. The molecular formula is C28H54O. The van der Waals surface area contributed by atoms with Gasteiger partial charge >= 0.3 is 0 Å². The quantitative estimate of drug-likeness (QED) is 0.429. The Labute approximate surface area is 184 Å². The van der Waals surface area contributed by atoms with Crippen LogP contribution in [0.3, 0.4) is 0 Å². The van der Waals surface area contributed by atoms with E-state index in [9.17, 15) is 0 Å². The van der Waals surface area contributed by atoms with Crippen molar-refractivity contribution >= 4 is 0 Å². The molecule has 0 heterocycles. The minimum Gasteiger partial charge on any atom is -0.378 e. The summed E-state index contributed by atoms with van der Waals surface area (Å²) in [6, 6.07) is 0. The minimum atomic E-state index is 0.381. The molecule has 1 nitrogen and oxygen atoms in total. The van der Waals surface area contributed by atoms with Gasteiger partial charge in [0.2, 0.25) is 0 Å². The van der Waals surface area contributed by atoms with Gasteiger partial charge in [-0.25, -0.2) is 0 Å². The Balaban J connectivity index is 2.01. The van der Waals surface area contributed by atoms with E-state index in [0.717, 1.165) is 42.1 Å². The van der Waals surface area contributed by atoms with Gasteiger partial charge in [0.25, 0.3) is 0 Å². The number of hydrogen-bond acceptors (Lipinski definition) is 1. The second-order valence-corrected chi connectivity index (χ2v) is 13.3. The summed E-state index contributed by atoms with van der Waals surface area (Å²) in [7, 11) is 0. The summed E-state index contributed by atoms with van der Waals surface area (Å²) < 4.78 is 6.67. The van der Waals surface area contributed by atoms with Crippen LogP contribution in [-0.2, 0) is 4.74 Å². The van der Waals surface area contributed by atoms with Crippen molar-refractivity contribution in [2.45, 2.75) is 120 Å². The van der Waals surface area contributed by atoms with Gasteiger partial charge in [-0.3, -0.25) is 0 Å². The van der Waals surface area contributed by atoms with Crippen LogP contribution in [0, 0.1) is 52.3 Å². The zero-order valence-electron chi connectivity index (χ0n) is 21.7. The van der Waals surface area contributed by atoms with Crippen LogP contribution in [0.15, 0.2) is 0 Å². The first-order valence-corrected chi connectivity index (χ1v) is 13.0. The molecule has 0 radical (unpaired) electrons. The lowest BCUT2D eigenvalue weighted by molar-refractivity contribution is -0.0742. The van der Waals surface area contributed by atoms with Crippen molar-refractivity contribution in [2.24, 2.45) is 52.3 Å². The summed E-state index contributed by atoms with van der Waals surface area (Å²) in [5.74, 6) is 5.70. The first-order valence-electron chi connectivity index (χ1n) is 13.0. The number of ether oxygens (including phenoxy) is 1.